The molecular formula is C21H26F2N2O4. The van der Waals surface area contributed by atoms with E-state index in [1.165, 1.54) is 0 Å². The van der Waals surface area contributed by atoms with Crippen molar-refractivity contribution in [2.24, 2.45) is 17.8 Å². The number of halogens is 2. The third kappa shape index (κ3) is 4.92. The van der Waals surface area contributed by atoms with Crippen molar-refractivity contribution in [3.63, 3.8) is 0 Å². The van der Waals surface area contributed by atoms with Crippen LogP contribution in [0.25, 0.3) is 0 Å². The zero-order valence-corrected chi connectivity index (χ0v) is 16.6. The Morgan fingerprint density at radius 2 is 2.00 bits per heavy atom. The molecule has 0 unspecified atom stereocenters. The van der Waals surface area contributed by atoms with E-state index in [0.29, 0.717) is 18.4 Å². The van der Waals surface area contributed by atoms with Crippen LogP contribution in [-0.2, 0) is 19.1 Å². The third-order valence-electron chi connectivity index (χ3n) is 6.10. The van der Waals surface area contributed by atoms with Crippen molar-refractivity contribution in [1.82, 2.24) is 4.90 Å². The number of amides is 2. The van der Waals surface area contributed by atoms with Gasteiger partial charge in [0.15, 0.2) is 6.61 Å². The lowest BCUT2D eigenvalue weighted by molar-refractivity contribution is -0.151. The SMILES string of the molecule is C[C@H]1[C@H](N2C[C@H](C(=O)OCC(=O)Nc3cc(F)ccc3F)CC2=O)CCC[C@@H]1C. The number of anilines is 1. The van der Waals surface area contributed by atoms with Gasteiger partial charge >= 0.3 is 5.97 Å². The van der Waals surface area contributed by atoms with Gasteiger partial charge in [-0.15, -0.1) is 0 Å². The minimum Gasteiger partial charge on any atom is -0.455 e. The van der Waals surface area contributed by atoms with Crippen molar-refractivity contribution in [2.75, 3.05) is 18.5 Å². The molecule has 8 heteroatoms. The minimum absolute atomic E-state index is 0.0656. The fraction of sp³-hybridized carbons (Fsp3) is 0.571. The molecule has 1 heterocycles. The van der Waals surface area contributed by atoms with E-state index in [4.69, 9.17) is 4.74 Å². The second-order valence-electron chi connectivity index (χ2n) is 8.06. The molecule has 4 atom stereocenters. The monoisotopic (exact) mass is 408 g/mol. The highest BCUT2D eigenvalue weighted by atomic mass is 19.1. The molecule has 1 aromatic carbocycles. The predicted molar refractivity (Wildman–Crippen MR) is 102 cm³/mol. The first-order valence-corrected chi connectivity index (χ1v) is 9.97. The highest BCUT2D eigenvalue weighted by Crippen LogP contribution is 2.35. The van der Waals surface area contributed by atoms with Crippen LogP contribution in [-0.4, -0.2) is 41.9 Å². The number of rotatable bonds is 5. The van der Waals surface area contributed by atoms with Gasteiger partial charge in [0.1, 0.15) is 11.6 Å². The van der Waals surface area contributed by atoms with Crippen LogP contribution in [0.2, 0.25) is 0 Å². The van der Waals surface area contributed by atoms with Crippen LogP contribution in [0.4, 0.5) is 14.5 Å². The molecule has 6 nitrogen and oxygen atoms in total. The summed E-state index contributed by atoms with van der Waals surface area (Å²) in [4.78, 5) is 38.5. The average molecular weight is 408 g/mol. The molecule has 1 aliphatic carbocycles. The number of carbonyl (C=O) groups is 3. The third-order valence-corrected chi connectivity index (χ3v) is 6.10. The number of carbonyl (C=O) groups excluding carboxylic acids is 3. The van der Waals surface area contributed by atoms with E-state index < -0.39 is 36.0 Å². The zero-order chi connectivity index (χ0) is 21.1. The fourth-order valence-corrected chi connectivity index (χ4v) is 4.24. The van der Waals surface area contributed by atoms with Crippen LogP contribution in [0.1, 0.15) is 39.5 Å². The summed E-state index contributed by atoms with van der Waals surface area (Å²) in [6, 6.07) is 2.79. The maximum atomic E-state index is 13.6. The van der Waals surface area contributed by atoms with Gasteiger partial charge in [-0.2, -0.15) is 0 Å². The Kier molecular flexibility index (Phi) is 6.49. The lowest BCUT2D eigenvalue weighted by Gasteiger charge is -2.39. The first-order valence-electron chi connectivity index (χ1n) is 9.97. The second kappa shape index (κ2) is 8.88. The minimum atomic E-state index is -0.793. The molecule has 2 aliphatic rings. The molecule has 0 aromatic heterocycles. The Morgan fingerprint density at radius 3 is 2.76 bits per heavy atom. The Hall–Kier alpha value is -2.51. The van der Waals surface area contributed by atoms with Crippen LogP contribution >= 0.6 is 0 Å². The van der Waals surface area contributed by atoms with Crippen LogP contribution in [0.5, 0.6) is 0 Å². The number of hydrogen-bond acceptors (Lipinski definition) is 4. The van der Waals surface area contributed by atoms with Crippen molar-refractivity contribution in [3.05, 3.63) is 29.8 Å². The second-order valence-corrected chi connectivity index (χ2v) is 8.06. The van der Waals surface area contributed by atoms with Crippen LogP contribution in [0, 0.1) is 29.4 Å². The molecule has 1 saturated carbocycles. The van der Waals surface area contributed by atoms with Crippen molar-refractivity contribution in [3.8, 4) is 0 Å². The van der Waals surface area contributed by atoms with Crippen molar-refractivity contribution in [2.45, 2.75) is 45.6 Å². The summed E-state index contributed by atoms with van der Waals surface area (Å²) in [7, 11) is 0. The van der Waals surface area contributed by atoms with Crippen LogP contribution in [0.3, 0.4) is 0 Å². The van der Waals surface area contributed by atoms with Gasteiger partial charge in [-0.25, -0.2) is 8.78 Å². The molecule has 1 aromatic rings. The van der Waals surface area contributed by atoms with E-state index in [9.17, 15) is 23.2 Å². The van der Waals surface area contributed by atoms with Gasteiger partial charge in [0.2, 0.25) is 5.91 Å². The molecule has 0 radical (unpaired) electrons. The van der Waals surface area contributed by atoms with Gasteiger partial charge < -0.3 is 15.0 Å². The maximum absolute atomic E-state index is 13.6. The summed E-state index contributed by atoms with van der Waals surface area (Å²) in [5.41, 5.74) is -0.325. The van der Waals surface area contributed by atoms with E-state index in [1.807, 2.05) is 0 Å². The molecule has 1 saturated heterocycles. The van der Waals surface area contributed by atoms with Gasteiger partial charge in [0, 0.05) is 25.1 Å². The number of likely N-dealkylation sites (tertiary alicyclic amines) is 1. The first-order chi connectivity index (χ1) is 13.8. The topological polar surface area (TPSA) is 75.7 Å². The molecule has 0 bridgehead atoms. The van der Waals surface area contributed by atoms with Crippen molar-refractivity contribution >= 4 is 23.5 Å². The molecule has 0 spiro atoms. The number of benzene rings is 1. The number of esters is 1. The largest absolute Gasteiger partial charge is 0.455 e. The predicted octanol–water partition coefficient (Wildman–Crippen LogP) is 3.12. The van der Waals surface area contributed by atoms with E-state index in [1.54, 1.807) is 4.90 Å². The molecule has 2 fully saturated rings. The van der Waals surface area contributed by atoms with Gasteiger partial charge in [0.05, 0.1) is 11.6 Å². The molecule has 3 rings (SSSR count). The number of ether oxygens (including phenoxy) is 1. The summed E-state index contributed by atoms with van der Waals surface area (Å²) in [6.07, 6.45) is 3.20. The van der Waals surface area contributed by atoms with E-state index in [2.05, 4.69) is 19.2 Å². The Labute approximate surface area is 168 Å². The summed E-state index contributed by atoms with van der Waals surface area (Å²) < 4.78 is 31.7. The molecular weight excluding hydrogens is 382 g/mol. The number of hydrogen-bond donors (Lipinski definition) is 1. The number of nitrogens with zero attached hydrogens (tertiary/aromatic N) is 1. The molecule has 2 amide bonds. The van der Waals surface area contributed by atoms with Crippen LogP contribution in [0.15, 0.2) is 18.2 Å². The molecule has 29 heavy (non-hydrogen) atoms. The Balaban J connectivity index is 1.51. The lowest BCUT2D eigenvalue weighted by Crippen LogP contribution is -2.45. The highest BCUT2D eigenvalue weighted by molar-refractivity contribution is 5.93. The highest BCUT2D eigenvalue weighted by Gasteiger charge is 2.42. The van der Waals surface area contributed by atoms with E-state index in [0.717, 1.165) is 37.5 Å². The normalized spacial score (nSPS) is 27.0. The van der Waals surface area contributed by atoms with Crippen molar-refractivity contribution in [1.29, 1.82) is 0 Å². The standard InChI is InChI=1S/C21H26F2N2O4/c1-12-4-3-5-18(13(12)2)25-10-14(8-20(25)27)21(28)29-11-19(26)24-17-9-15(22)6-7-16(17)23/h6-7,9,12-14,18H,3-5,8,10-11H2,1-2H3,(H,24,26)/t12-,13+,14+,18+/m0/s1. The lowest BCUT2D eigenvalue weighted by atomic mass is 9.77. The summed E-state index contributed by atoms with van der Waals surface area (Å²) in [5, 5.41) is 2.17. The summed E-state index contributed by atoms with van der Waals surface area (Å²) in [5.74, 6) is -2.69. The summed E-state index contributed by atoms with van der Waals surface area (Å²) in [6.45, 7) is 3.99. The van der Waals surface area contributed by atoms with E-state index in [-0.39, 0.29) is 24.1 Å². The van der Waals surface area contributed by atoms with Crippen LogP contribution < -0.4 is 5.32 Å². The Bertz CT molecular complexity index is 801. The Morgan fingerprint density at radius 1 is 1.24 bits per heavy atom. The zero-order valence-electron chi connectivity index (χ0n) is 16.6. The number of nitrogens with one attached hydrogen (secondary N) is 1. The summed E-state index contributed by atoms with van der Waals surface area (Å²) >= 11 is 0. The maximum Gasteiger partial charge on any atom is 0.311 e. The van der Waals surface area contributed by atoms with Gasteiger partial charge in [0.25, 0.3) is 5.91 Å². The first kappa shape index (κ1) is 21.2. The van der Waals surface area contributed by atoms with Gasteiger partial charge in [-0.1, -0.05) is 26.7 Å². The smallest absolute Gasteiger partial charge is 0.311 e. The fourth-order valence-electron chi connectivity index (χ4n) is 4.24. The van der Waals surface area contributed by atoms with Gasteiger partial charge in [-0.05, 0) is 30.4 Å². The molecule has 1 aliphatic heterocycles. The van der Waals surface area contributed by atoms with Crippen molar-refractivity contribution < 1.29 is 27.9 Å². The molecule has 1 N–H and O–H groups in total. The van der Waals surface area contributed by atoms with E-state index >= 15 is 0 Å². The quantitative estimate of drug-likeness (QED) is 0.760. The van der Waals surface area contributed by atoms with Gasteiger partial charge in [-0.3, -0.25) is 14.4 Å². The average Bonchev–Trinajstić information content (AvgIpc) is 3.06. The molecule has 158 valence electrons.